The molecule has 1 N–H and O–H groups in total. The van der Waals surface area contributed by atoms with E-state index in [-0.39, 0.29) is 11.8 Å². The third-order valence-corrected chi connectivity index (χ3v) is 6.84. The molecule has 2 aromatic rings. The maximum absolute atomic E-state index is 12.7. The van der Waals surface area contributed by atoms with Gasteiger partial charge in [-0.25, -0.2) is 0 Å². The predicted molar refractivity (Wildman–Crippen MR) is 117 cm³/mol. The third kappa shape index (κ3) is 5.23. The lowest BCUT2D eigenvalue weighted by atomic mass is 9.94. The second kappa shape index (κ2) is 9.66. The lowest BCUT2D eigenvalue weighted by Crippen LogP contribution is -2.44. The number of carbonyl (C=O) groups is 2. The molecule has 2 saturated heterocycles. The van der Waals surface area contributed by atoms with Crippen molar-refractivity contribution in [3.05, 3.63) is 39.8 Å². The highest BCUT2D eigenvalue weighted by Gasteiger charge is 2.29. The van der Waals surface area contributed by atoms with Gasteiger partial charge >= 0.3 is 0 Å². The molecule has 0 atom stereocenters. The number of hydrogen-bond donors (Lipinski definition) is 1. The number of anilines is 1. The molecule has 1 aromatic heterocycles. The van der Waals surface area contributed by atoms with Crippen LogP contribution in [0.25, 0.3) is 0 Å². The van der Waals surface area contributed by atoms with Crippen LogP contribution in [-0.2, 0) is 11.3 Å². The summed E-state index contributed by atoms with van der Waals surface area (Å²) in [5, 5.41) is 12.4. The third-order valence-electron chi connectivity index (χ3n) is 5.93. The van der Waals surface area contributed by atoms with Crippen molar-refractivity contribution in [2.45, 2.75) is 45.6 Å². The van der Waals surface area contributed by atoms with Gasteiger partial charge in [0, 0.05) is 24.7 Å². The fourth-order valence-corrected chi connectivity index (χ4v) is 4.91. The van der Waals surface area contributed by atoms with E-state index in [1.165, 1.54) is 17.8 Å². The number of hydrogen-bond acceptors (Lipinski definition) is 6. The zero-order valence-corrected chi connectivity index (χ0v) is 18.3. The van der Waals surface area contributed by atoms with E-state index in [2.05, 4.69) is 25.3 Å². The normalized spacial score (nSPS) is 18.4. The first-order chi connectivity index (χ1) is 14.6. The zero-order valence-electron chi connectivity index (χ0n) is 17.5. The van der Waals surface area contributed by atoms with E-state index in [0.717, 1.165) is 68.1 Å². The first-order valence-corrected chi connectivity index (χ1v) is 11.6. The topological polar surface area (TPSA) is 78.4 Å². The van der Waals surface area contributed by atoms with Gasteiger partial charge in [-0.05, 0) is 64.3 Å². The van der Waals surface area contributed by atoms with Crippen molar-refractivity contribution in [2.24, 2.45) is 5.92 Å². The molecule has 3 heterocycles. The Kier molecular flexibility index (Phi) is 6.74. The van der Waals surface area contributed by atoms with Gasteiger partial charge in [0.2, 0.25) is 10.9 Å². The van der Waals surface area contributed by atoms with Gasteiger partial charge in [0.15, 0.2) is 0 Å². The Morgan fingerprint density at radius 2 is 1.73 bits per heavy atom. The summed E-state index contributed by atoms with van der Waals surface area (Å²) >= 11 is 1.34. The van der Waals surface area contributed by atoms with Crippen molar-refractivity contribution < 1.29 is 9.59 Å². The molecule has 0 aliphatic carbocycles. The molecule has 2 amide bonds. The molecule has 0 saturated carbocycles. The molecule has 2 aliphatic rings. The highest BCUT2D eigenvalue weighted by Crippen LogP contribution is 2.24. The Labute approximate surface area is 181 Å². The van der Waals surface area contributed by atoms with Gasteiger partial charge in [0.05, 0.1) is 6.54 Å². The van der Waals surface area contributed by atoms with Crippen LogP contribution in [0.1, 0.15) is 52.5 Å². The Morgan fingerprint density at radius 1 is 1.03 bits per heavy atom. The Balaban J connectivity index is 1.25. The fourth-order valence-electron chi connectivity index (χ4n) is 4.13. The number of benzene rings is 1. The number of nitrogens with zero attached hydrogens (tertiary/aromatic N) is 4. The molecule has 1 aromatic carbocycles. The predicted octanol–water partition coefficient (Wildman–Crippen LogP) is 3.32. The van der Waals surface area contributed by atoms with E-state index in [0.29, 0.717) is 17.5 Å². The average molecular weight is 428 g/mol. The van der Waals surface area contributed by atoms with Crippen molar-refractivity contribution in [1.82, 2.24) is 20.0 Å². The average Bonchev–Trinajstić information content (AvgIpc) is 3.25. The summed E-state index contributed by atoms with van der Waals surface area (Å²) in [7, 11) is 0. The van der Waals surface area contributed by atoms with Crippen LogP contribution in [0.4, 0.5) is 5.69 Å². The molecule has 2 fully saturated rings. The number of nitrogens with one attached hydrogen (secondary N) is 1. The van der Waals surface area contributed by atoms with Gasteiger partial charge in [-0.2, -0.15) is 0 Å². The summed E-state index contributed by atoms with van der Waals surface area (Å²) in [6, 6.07) is 7.68. The van der Waals surface area contributed by atoms with Gasteiger partial charge in [-0.1, -0.05) is 29.0 Å². The summed E-state index contributed by atoms with van der Waals surface area (Å²) in [6.45, 7) is 6.31. The molecule has 2 aliphatic heterocycles. The minimum atomic E-state index is -0.228. The lowest BCUT2D eigenvalue weighted by molar-refractivity contribution is -0.138. The van der Waals surface area contributed by atoms with Gasteiger partial charge < -0.3 is 10.2 Å². The minimum Gasteiger partial charge on any atom is -0.342 e. The fraction of sp³-hybridized carbons (Fsp3) is 0.545. The maximum atomic E-state index is 12.7. The number of carbonyl (C=O) groups excluding carboxylic acids is 2. The second-order valence-corrected chi connectivity index (χ2v) is 9.32. The van der Waals surface area contributed by atoms with Gasteiger partial charge in [-0.15, -0.1) is 10.2 Å². The van der Waals surface area contributed by atoms with Crippen LogP contribution in [0.3, 0.4) is 0 Å². The number of amides is 2. The molecule has 7 nitrogen and oxygen atoms in total. The zero-order chi connectivity index (χ0) is 20.9. The van der Waals surface area contributed by atoms with Crippen LogP contribution in [-0.4, -0.2) is 58.0 Å². The van der Waals surface area contributed by atoms with Crippen LogP contribution >= 0.6 is 11.3 Å². The molecule has 8 heteroatoms. The van der Waals surface area contributed by atoms with Crippen molar-refractivity contribution >= 4 is 28.8 Å². The summed E-state index contributed by atoms with van der Waals surface area (Å²) in [6.07, 6.45) is 5.32. The van der Waals surface area contributed by atoms with Crippen LogP contribution in [0.5, 0.6) is 0 Å². The van der Waals surface area contributed by atoms with E-state index in [9.17, 15) is 9.59 Å². The summed E-state index contributed by atoms with van der Waals surface area (Å²) in [4.78, 5) is 29.5. The van der Waals surface area contributed by atoms with Gasteiger partial charge in [0.25, 0.3) is 5.91 Å². The Hall–Kier alpha value is -2.32. The van der Waals surface area contributed by atoms with Crippen LogP contribution in [0.15, 0.2) is 24.3 Å². The summed E-state index contributed by atoms with van der Waals surface area (Å²) in [5.74, 6) is 0.276. The molecule has 0 bridgehead atoms. The molecule has 0 radical (unpaired) electrons. The molecule has 0 unspecified atom stereocenters. The van der Waals surface area contributed by atoms with Crippen LogP contribution in [0, 0.1) is 12.8 Å². The standard InChI is InChI=1S/C22H29N5O2S/c1-16-5-7-18(8-6-16)23-20(28)21-25-24-19(30-21)15-26-13-9-17(10-14-26)22(29)27-11-3-2-4-12-27/h5-8,17H,2-4,9-15H2,1H3,(H,23,28). The number of piperidine rings is 2. The monoisotopic (exact) mass is 427 g/mol. The molecular weight excluding hydrogens is 398 g/mol. The summed E-state index contributed by atoms with van der Waals surface area (Å²) in [5.41, 5.74) is 1.90. The van der Waals surface area contributed by atoms with Crippen LogP contribution < -0.4 is 5.32 Å². The first kappa shape index (κ1) is 20.9. The van der Waals surface area contributed by atoms with Crippen molar-refractivity contribution in [1.29, 1.82) is 0 Å². The molecule has 4 rings (SSSR count). The number of aromatic nitrogens is 2. The minimum absolute atomic E-state index is 0.157. The van der Waals surface area contributed by atoms with Gasteiger partial charge in [0.1, 0.15) is 5.01 Å². The number of rotatable bonds is 5. The van der Waals surface area contributed by atoms with E-state index < -0.39 is 0 Å². The Morgan fingerprint density at radius 3 is 2.43 bits per heavy atom. The summed E-state index contributed by atoms with van der Waals surface area (Å²) < 4.78 is 0. The largest absolute Gasteiger partial charge is 0.342 e. The van der Waals surface area contributed by atoms with Crippen molar-refractivity contribution in [2.75, 3.05) is 31.5 Å². The Bertz CT molecular complexity index is 868. The highest BCUT2D eigenvalue weighted by molar-refractivity contribution is 7.13. The quantitative estimate of drug-likeness (QED) is 0.792. The lowest BCUT2D eigenvalue weighted by Gasteiger charge is -2.35. The van der Waals surface area contributed by atoms with Gasteiger partial charge in [-0.3, -0.25) is 14.5 Å². The van der Waals surface area contributed by atoms with Crippen LogP contribution in [0.2, 0.25) is 0 Å². The molecule has 30 heavy (non-hydrogen) atoms. The van der Waals surface area contributed by atoms with E-state index >= 15 is 0 Å². The number of likely N-dealkylation sites (tertiary alicyclic amines) is 2. The second-order valence-electron chi connectivity index (χ2n) is 8.26. The smallest absolute Gasteiger partial charge is 0.286 e. The molecule has 160 valence electrons. The van der Waals surface area contributed by atoms with E-state index in [4.69, 9.17) is 0 Å². The van der Waals surface area contributed by atoms with Crippen molar-refractivity contribution in [3.8, 4) is 0 Å². The first-order valence-electron chi connectivity index (χ1n) is 10.8. The maximum Gasteiger partial charge on any atom is 0.286 e. The van der Waals surface area contributed by atoms with Crippen molar-refractivity contribution in [3.63, 3.8) is 0 Å². The highest BCUT2D eigenvalue weighted by atomic mass is 32.1. The van der Waals surface area contributed by atoms with E-state index in [1.807, 2.05) is 31.2 Å². The molecular formula is C22H29N5O2S. The SMILES string of the molecule is Cc1ccc(NC(=O)c2nnc(CN3CCC(C(=O)N4CCCCC4)CC3)s2)cc1. The van der Waals surface area contributed by atoms with E-state index in [1.54, 1.807) is 0 Å². The number of aryl methyl sites for hydroxylation is 1. The molecule has 0 spiro atoms.